The summed E-state index contributed by atoms with van der Waals surface area (Å²) in [6.07, 6.45) is 2.99. The molecule has 2 fully saturated rings. The van der Waals surface area contributed by atoms with E-state index in [1.807, 2.05) is 4.90 Å². The molecule has 0 saturated carbocycles. The van der Waals surface area contributed by atoms with Gasteiger partial charge in [-0.05, 0) is 31.6 Å². The second-order valence-corrected chi connectivity index (χ2v) is 5.53. The van der Waals surface area contributed by atoms with Crippen LogP contribution < -0.4 is 0 Å². The van der Waals surface area contributed by atoms with Crippen molar-refractivity contribution in [2.75, 3.05) is 26.2 Å². The number of β-amino-alcohol motifs (C(OH)–C–C–N with tert-alkyl or cyclic N) is 1. The van der Waals surface area contributed by atoms with Crippen LogP contribution in [0.3, 0.4) is 0 Å². The third-order valence-electron chi connectivity index (χ3n) is 4.09. The van der Waals surface area contributed by atoms with Gasteiger partial charge in [-0.15, -0.1) is 0 Å². The van der Waals surface area contributed by atoms with Crippen molar-refractivity contribution in [3.8, 4) is 0 Å². The van der Waals surface area contributed by atoms with E-state index in [2.05, 4.69) is 0 Å². The van der Waals surface area contributed by atoms with Gasteiger partial charge in [0.1, 0.15) is 0 Å². The molecule has 0 aliphatic carbocycles. The van der Waals surface area contributed by atoms with Gasteiger partial charge in [-0.2, -0.15) is 0 Å². The van der Waals surface area contributed by atoms with E-state index in [0.29, 0.717) is 44.9 Å². The van der Waals surface area contributed by atoms with Crippen LogP contribution in [-0.4, -0.2) is 64.3 Å². The fraction of sp³-hybridized carbons (Fsp3) is 0.846. The molecule has 2 N–H and O–H groups in total. The normalized spacial score (nSPS) is 24.8. The Balaban J connectivity index is 1.73. The number of carboxylic acid groups (broad SMARTS) is 1. The second kappa shape index (κ2) is 6.23. The molecule has 0 aromatic rings. The van der Waals surface area contributed by atoms with Crippen LogP contribution in [-0.2, 0) is 4.79 Å². The molecule has 1 unspecified atom stereocenters. The topological polar surface area (TPSA) is 81.1 Å². The minimum atomic E-state index is -0.746. The van der Waals surface area contributed by atoms with Crippen molar-refractivity contribution in [3.05, 3.63) is 0 Å². The van der Waals surface area contributed by atoms with Gasteiger partial charge in [0, 0.05) is 32.6 Å². The average Bonchev–Trinajstić information content (AvgIpc) is 2.83. The van der Waals surface area contributed by atoms with Gasteiger partial charge in [0.2, 0.25) is 0 Å². The van der Waals surface area contributed by atoms with Crippen molar-refractivity contribution in [2.24, 2.45) is 5.92 Å². The fourth-order valence-corrected chi connectivity index (χ4v) is 2.86. The summed E-state index contributed by atoms with van der Waals surface area (Å²) >= 11 is 0. The maximum Gasteiger partial charge on any atom is 0.320 e. The molecule has 2 amide bonds. The number of urea groups is 1. The van der Waals surface area contributed by atoms with Gasteiger partial charge in [0.25, 0.3) is 0 Å². The zero-order valence-corrected chi connectivity index (χ0v) is 11.1. The number of carbonyl (C=O) groups is 2. The number of carbonyl (C=O) groups excluding carboxylic acids is 1. The van der Waals surface area contributed by atoms with Crippen LogP contribution in [0.25, 0.3) is 0 Å². The van der Waals surface area contributed by atoms with Crippen molar-refractivity contribution in [3.63, 3.8) is 0 Å². The zero-order valence-electron chi connectivity index (χ0n) is 11.1. The SMILES string of the molecule is O=C(O)CCC1CCN(C(=O)N2CCC(O)C2)CC1. The molecule has 6 heteroatoms. The number of nitrogens with zero attached hydrogens (tertiary/aromatic N) is 2. The first-order chi connectivity index (χ1) is 9.06. The number of aliphatic hydroxyl groups excluding tert-OH is 1. The van der Waals surface area contributed by atoms with E-state index in [1.165, 1.54) is 0 Å². The number of hydrogen-bond donors (Lipinski definition) is 2. The molecule has 2 aliphatic rings. The Kier molecular flexibility index (Phi) is 4.63. The van der Waals surface area contributed by atoms with Crippen LogP contribution in [0.5, 0.6) is 0 Å². The first-order valence-corrected chi connectivity index (χ1v) is 7.00. The highest BCUT2D eigenvalue weighted by atomic mass is 16.4. The maximum atomic E-state index is 12.2. The lowest BCUT2D eigenvalue weighted by Crippen LogP contribution is -2.46. The number of aliphatic carboxylic acids is 1. The van der Waals surface area contributed by atoms with Gasteiger partial charge in [0.15, 0.2) is 0 Å². The lowest BCUT2D eigenvalue weighted by Gasteiger charge is -2.34. The Morgan fingerprint density at radius 1 is 1.05 bits per heavy atom. The summed E-state index contributed by atoms with van der Waals surface area (Å²) in [7, 11) is 0. The molecule has 0 radical (unpaired) electrons. The Hall–Kier alpha value is -1.30. The van der Waals surface area contributed by atoms with Crippen LogP contribution in [0.4, 0.5) is 4.79 Å². The Bertz CT molecular complexity index is 340. The lowest BCUT2D eigenvalue weighted by molar-refractivity contribution is -0.137. The molecule has 0 aromatic heterocycles. The predicted octanol–water partition coefficient (Wildman–Crippen LogP) is 0.750. The van der Waals surface area contributed by atoms with Gasteiger partial charge in [-0.1, -0.05) is 0 Å². The van der Waals surface area contributed by atoms with Crippen molar-refractivity contribution in [1.82, 2.24) is 9.80 Å². The van der Waals surface area contributed by atoms with Crippen molar-refractivity contribution >= 4 is 12.0 Å². The van der Waals surface area contributed by atoms with Crippen molar-refractivity contribution < 1.29 is 19.8 Å². The molecule has 0 bridgehead atoms. The number of rotatable bonds is 3. The Labute approximate surface area is 113 Å². The highest BCUT2D eigenvalue weighted by molar-refractivity contribution is 5.75. The Morgan fingerprint density at radius 3 is 2.21 bits per heavy atom. The highest BCUT2D eigenvalue weighted by Gasteiger charge is 2.30. The summed E-state index contributed by atoms with van der Waals surface area (Å²) in [5.41, 5.74) is 0. The quantitative estimate of drug-likeness (QED) is 0.793. The number of hydrogen-bond acceptors (Lipinski definition) is 3. The van der Waals surface area contributed by atoms with Crippen LogP contribution in [0.1, 0.15) is 32.1 Å². The Morgan fingerprint density at radius 2 is 1.68 bits per heavy atom. The van der Waals surface area contributed by atoms with E-state index in [9.17, 15) is 14.7 Å². The zero-order chi connectivity index (χ0) is 13.8. The summed E-state index contributed by atoms with van der Waals surface area (Å²) in [5, 5.41) is 18.1. The third-order valence-corrected chi connectivity index (χ3v) is 4.09. The summed E-state index contributed by atoms with van der Waals surface area (Å²) in [4.78, 5) is 26.2. The summed E-state index contributed by atoms with van der Waals surface area (Å²) in [6, 6.07) is 0.0215. The first-order valence-electron chi connectivity index (χ1n) is 7.00. The van der Waals surface area contributed by atoms with E-state index < -0.39 is 5.97 Å². The molecule has 19 heavy (non-hydrogen) atoms. The molecule has 0 aromatic carbocycles. The molecule has 2 saturated heterocycles. The van der Waals surface area contributed by atoms with Gasteiger partial charge >= 0.3 is 12.0 Å². The first kappa shape index (κ1) is 14.1. The smallest absolute Gasteiger partial charge is 0.320 e. The molecule has 1 atom stereocenters. The summed E-state index contributed by atoms with van der Waals surface area (Å²) < 4.78 is 0. The van der Waals surface area contributed by atoms with E-state index >= 15 is 0 Å². The van der Waals surface area contributed by atoms with Crippen LogP contribution in [0, 0.1) is 5.92 Å². The average molecular weight is 270 g/mol. The van der Waals surface area contributed by atoms with Crippen LogP contribution >= 0.6 is 0 Å². The molecule has 6 nitrogen and oxygen atoms in total. The fourth-order valence-electron chi connectivity index (χ4n) is 2.86. The standard InChI is InChI=1S/C13H22N2O4/c16-11-5-8-15(9-11)13(19)14-6-3-10(4-7-14)1-2-12(17)18/h10-11,16H,1-9H2,(H,17,18). The molecule has 2 aliphatic heterocycles. The molecule has 2 rings (SSSR count). The van der Waals surface area contributed by atoms with Gasteiger partial charge in [-0.3, -0.25) is 4.79 Å². The number of likely N-dealkylation sites (tertiary alicyclic amines) is 2. The largest absolute Gasteiger partial charge is 0.481 e. The van der Waals surface area contributed by atoms with E-state index in [0.717, 1.165) is 12.8 Å². The lowest BCUT2D eigenvalue weighted by atomic mass is 9.92. The summed E-state index contributed by atoms with van der Waals surface area (Å²) in [6.45, 7) is 2.49. The molecule has 108 valence electrons. The van der Waals surface area contributed by atoms with Gasteiger partial charge in [-0.25, -0.2) is 4.79 Å². The minimum Gasteiger partial charge on any atom is -0.481 e. The number of amides is 2. The monoisotopic (exact) mass is 270 g/mol. The summed E-state index contributed by atoms with van der Waals surface area (Å²) in [5.74, 6) is -0.325. The van der Waals surface area contributed by atoms with Gasteiger partial charge < -0.3 is 20.0 Å². The molecule has 0 spiro atoms. The van der Waals surface area contributed by atoms with E-state index in [4.69, 9.17) is 5.11 Å². The van der Waals surface area contributed by atoms with Crippen molar-refractivity contribution in [2.45, 2.75) is 38.2 Å². The number of carboxylic acids is 1. The van der Waals surface area contributed by atoms with Crippen molar-refractivity contribution in [1.29, 1.82) is 0 Å². The maximum absolute atomic E-state index is 12.2. The molecule has 2 heterocycles. The third kappa shape index (κ3) is 3.83. The van der Waals surface area contributed by atoms with Crippen LogP contribution in [0.15, 0.2) is 0 Å². The van der Waals surface area contributed by atoms with E-state index in [1.54, 1.807) is 4.90 Å². The number of aliphatic hydroxyl groups is 1. The second-order valence-electron chi connectivity index (χ2n) is 5.53. The van der Waals surface area contributed by atoms with Gasteiger partial charge in [0.05, 0.1) is 6.10 Å². The number of piperidine rings is 1. The van der Waals surface area contributed by atoms with Crippen LogP contribution in [0.2, 0.25) is 0 Å². The van der Waals surface area contributed by atoms with E-state index in [-0.39, 0.29) is 18.6 Å². The minimum absolute atomic E-state index is 0.0215. The molecular weight excluding hydrogens is 248 g/mol. The molecular formula is C13H22N2O4. The highest BCUT2D eigenvalue weighted by Crippen LogP contribution is 2.23. The predicted molar refractivity (Wildman–Crippen MR) is 68.8 cm³/mol.